The van der Waals surface area contributed by atoms with Crippen LogP contribution in [0.25, 0.3) is 0 Å². The van der Waals surface area contributed by atoms with Gasteiger partial charge in [0.2, 0.25) is 0 Å². The third-order valence-corrected chi connectivity index (χ3v) is 4.79. The van der Waals surface area contributed by atoms with Gasteiger partial charge in [0.05, 0.1) is 12.2 Å². The zero-order valence-electron chi connectivity index (χ0n) is 18.9. The maximum Gasteiger partial charge on any atom is 0.191 e. The number of benzene rings is 1. The van der Waals surface area contributed by atoms with Crippen LogP contribution in [0.15, 0.2) is 29.3 Å². The second kappa shape index (κ2) is 12.8. The third kappa shape index (κ3) is 8.14. The lowest BCUT2D eigenvalue weighted by Gasteiger charge is -2.19. The summed E-state index contributed by atoms with van der Waals surface area (Å²) in [5.41, 5.74) is 4.63. The first-order valence-electron chi connectivity index (χ1n) is 10.2. The summed E-state index contributed by atoms with van der Waals surface area (Å²) in [6.07, 6.45) is 0.179. The van der Waals surface area contributed by atoms with Gasteiger partial charge < -0.3 is 20.5 Å². The van der Waals surface area contributed by atoms with E-state index in [1.54, 1.807) is 0 Å². The van der Waals surface area contributed by atoms with E-state index < -0.39 is 6.10 Å². The highest BCUT2D eigenvalue weighted by Gasteiger charge is 2.14. The number of halogens is 1. The van der Waals surface area contributed by atoms with Crippen LogP contribution in [-0.2, 0) is 13.5 Å². The Kier molecular flexibility index (Phi) is 11.2. The molecule has 0 radical (unpaired) electrons. The second-order valence-corrected chi connectivity index (χ2v) is 7.52. The molecule has 0 amide bonds. The topological polar surface area (TPSA) is 83.7 Å². The Morgan fingerprint density at radius 2 is 2.03 bits per heavy atom. The van der Waals surface area contributed by atoms with Gasteiger partial charge in [-0.25, -0.2) is 0 Å². The van der Waals surface area contributed by atoms with Gasteiger partial charge in [-0.1, -0.05) is 12.1 Å². The predicted molar refractivity (Wildman–Crippen MR) is 133 cm³/mol. The first-order chi connectivity index (χ1) is 13.8. The summed E-state index contributed by atoms with van der Waals surface area (Å²) in [5, 5.41) is 21.4. The molecule has 1 heterocycles. The summed E-state index contributed by atoms with van der Waals surface area (Å²) >= 11 is 0. The predicted octanol–water partition coefficient (Wildman–Crippen LogP) is 2.89. The van der Waals surface area contributed by atoms with E-state index in [-0.39, 0.29) is 43.2 Å². The molecule has 8 heteroatoms. The molecule has 0 aliphatic carbocycles. The molecule has 2 aromatic rings. The molecule has 3 N–H and O–H groups in total. The van der Waals surface area contributed by atoms with Crippen molar-refractivity contribution in [1.29, 1.82) is 0 Å². The minimum Gasteiger partial charge on any atom is -0.491 e. The van der Waals surface area contributed by atoms with Gasteiger partial charge >= 0.3 is 0 Å². The standard InChI is InChI=1S/C22H35N5O2.HI/c1-7-23-22(25-16(3)12-21-17(4)26-27(6)18(21)5)24-13-19(28)14-29-20-10-8-9-15(2)11-20;/h8-11,16,19,28H,7,12-14H2,1-6H3,(H2,23,24,25);1H. The molecule has 168 valence electrons. The summed E-state index contributed by atoms with van der Waals surface area (Å²) in [6, 6.07) is 7.97. The fourth-order valence-electron chi connectivity index (χ4n) is 3.17. The fraction of sp³-hybridized carbons (Fsp3) is 0.545. The Morgan fingerprint density at radius 1 is 1.30 bits per heavy atom. The molecule has 2 rings (SSSR count). The minimum absolute atomic E-state index is 0. The number of ether oxygens (including phenoxy) is 1. The van der Waals surface area contributed by atoms with Crippen molar-refractivity contribution < 1.29 is 9.84 Å². The lowest BCUT2D eigenvalue weighted by Crippen LogP contribution is -2.43. The van der Waals surface area contributed by atoms with Gasteiger partial charge in [-0.15, -0.1) is 24.0 Å². The van der Waals surface area contributed by atoms with Crippen molar-refractivity contribution in [2.24, 2.45) is 12.0 Å². The monoisotopic (exact) mass is 529 g/mol. The van der Waals surface area contributed by atoms with Crippen molar-refractivity contribution >= 4 is 29.9 Å². The highest BCUT2D eigenvalue weighted by atomic mass is 127. The second-order valence-electron chi connectivity index (χ2n) is 7.52. The van der Waals surface area contributed by atoms with E-state index in [9.17, 15) is 5.11 Å². The molecule has 0 bridgehead atoms. The summed E-state index contributed by atoms with van der Waals surface area (Å²) in [7, 11) is 1.97. The van der Waals surface area contributed by atoms with Crippen LogP contribution in [-0.4, -0.2) is 52.7 Å². The molecule has 0 saturated heterocycles. The van der Waals surface area contributed by atoms with E-state index in [2.05, 4.69) is 34.6 Å². The minimum atomic E-state index is -0.677. The summed E-state index contributed by atoms with van der Waals surface area (Å²) in [5.74, 6) is 1.45. The highest BCUT2D eigenvalue weighted by molar-refractivity contribution is 14.0. The van der Waals surface area contributed by atoms with Crippen molar-refractivity contribution in [3.8, 4) is 5.75 Å². The average molecular weight is 529 g/mol. The van der Waals surface area contributed by atoms with Crippen molar-refractivity contribution in [3.05, 3.63) is 46.8 Å². The Labute approximate surface area is 197 Å². The van der Waals surface area contributed by atoms with Gasteiger partial charge in [0.25, 0.3) is 0 Å². The number of aliphatic hydroxyl groups is 1. The number of nitrogens with zero attached hydrogens (tertiary/aromatic N) is 3. The molecule has 0 spiro atoms. The van der Waals surface area contributed by atoms with E-state index in [0.717, 1.165) is 30.0 Å². The maximum absolute atomic E-state index is 10.2. The van der Waals surface area contributed by atoms with Crippen LogP contribution in [0.1, 0.15) is 36.4 Å². The van der Waals surface area contributed by atoms with Crippen molar-refractivity contribution in [2.45, 2.75) is 53.2 Å². The first kappa shape index (κ1) is 26.2. The van der Waals surface area contributed by atoms with Gasteiger partial charge in [-0.3, -0.25) is 9.67 Å². The van der Waals surface area contributed by atoms with Crippen molar-refractivity contribution in [2.75, 3.05) is 19.7 Å². The van der Waals surface area contributed by atoms with E-state index in [1.165, 1.54) is 11.3 Å². The number of hydrogen-bond donors (Lipinski definition) is 3. The SMILES string of the molecule is CCNC(=NCC(O)COc1cccc(C)c1)NC(C)Cc1c(C)nn(C)c1C.I. The third-order valence-electron chi connectivity index (χ3n) is 4.79. The Hall–Kier alpha value is -1.81. The number of aromatic nitrogens is 2. The molecular formula is C22H36IN5O2. The molecule has 2 atom stereocenters. The Bertz CT molecular complexity index is 822. The number of aliphatic imine (C=N–C) groups is 1. The summed E-state index contributed by atoms with van der Waals surface area (Å²) < 4.78 is 7.58. The van der Waals surface area contributed by atoms with Gasteiger partial charge in [0.15, 0.2) is 5.96 Å². The molecule has 0 aliphatic heterocycles. The van der Waals surface area contributed by atoms with Crippen LogP contribution in [0.3, 0.4) is 0 Å². The normalized spacial score (nSPS) is 13.4. The Morgan fingerprint density at radius 3 is 2.63 bits per heavy atom. The number of hydrogen-bond acceptors (Lipinski definition) is 4. The van der Waals surface area contributed by atoms with Crippen LogP contribution in [0.2, 0.25) is 0 Å². The molecule has 1 aromatic heterocycles. The fourth-order valence-corrected chi connectivity index (χ4v) is 3.17. The first-order valence-corrected chi connectivity index (χ1v) is 10.2. The number of aliphatic hydroxyl groups excluding tert-OH is 1. The van der Waals surface area contributed by atoms with Crippen LogP contribution >= 0.6 is 24.0 Å². The van der Waals surface area contributed by atoms with Crippen LogP contribution < -0.4 is 15.4 Å². The summed E-state index contributed by atoms with van der Waals surface area (Å²) in [6.45, 7) is 11.5. The van der Waals surface area contributed by atoms with Crippen LogP contribution in [0.5, 0.6) is 5.75 Å². The Balaban J connectivity index is 0.00000450. The van der Waals surface area contributed by atoms with Crippen LogP contribution in [0, 0.1) is 20.8 Å². The number of rotatable bonds is 9. The smallest absolute Gasteiger partial charge is 0.191 e. The van der Waals surface area contributed by atoms with Crippen LogP contribution in [0.4, 0.5) is 0 Å². The van der Waals surface area contributed by atoms with Gasteiger partial charge in [-0.2, -0.15) is 5.10 Å². The molecule has 0 fully saturated rings. The molecule has 30 heavy (non-hydrogen) atoms. The zero-order chi connectivity index (χ0) is 21.4. The molecule has 0 aliphatic rings. The maximum atomic E-state index is 10.2. The zero-order valence-corrected chi connectivity index (χ0v) is 21.2. The number of nitrogens with one attached hydrogen (secondary N) is 2. The molecule has 0 saturated carbocycles. The molecular weight excluding hydrogens is 493 g/mol. The highest BCUT2D eigenvalue weighted by Crippen LogP contribution is 2.14. The van der Waals surface area contributed by atoms with Crippen molar-refractivity contribution in [1.82, 2.24) is 20.4 Å². The molecule has 2 unspecified atom stereocenters. The lowest BCUT2D eigenvalue weighted by atomic mass is 10.1. The van der Waals surface area contributed by atoms with Gasteiger partial charge in [0, 0.05) is 25.3 Å². The number of aryl methyl sites for hydroxylation is 3. The largest absolute Gasteiger partial charge is 0.491 e. The lowest BCUT2D eigenvalue weighted by molar-refractivity contribution is 0.114. The number of guanidine groups is 1. The van der Waals surface area contributed by atoms with Gasteiger partial charge in [0.1, 0.15) is 18.5 Å². The molecule has 1 aromatic carbocycles. The van der Waals surface area contributed by atoms with E-state index in [1.807, 2.05) is 56.8 Å². The van der Waals surface area contributed by atoms with Gasteiger partial charge in [-0.05, 0) is 64.3 Å². The van der Waals surface area contributed by atoms with E-state index in [0.29, 0.717) is 5.96 Å². The average Bonchev–Trinajstić information content (AvgIpc) is 2.90. The summed E-state index contributed by atoms with van der Waals surface area (Å²) in [4.78, 5) is 4.52. The van der Waals surface area contributed by atoms with E-state index >= 15 is 0 Å². The van der Waals surface area contributed by atoms with Crippen molar-refractivity contribution in [3.63, 3.8) is 0 Å². The quantitative estimate of drug-likeness (QED) is 0.265. The van der Waals surface area contributed by atoms with E-state index in [4.69, 9.17) is 4.74 Å². The molecule has 7 nitrogen and oxygen atoms in total.